The van der Waals surface area contributed by atoms with E-state index in [0.29, 0.717) is 11.3 Å². The van der Waals surface area contributed by atoms with Gasteiger partial charge < -0.3 is 31.1 Å². The highest BCUT2D eigenvalue weighted by Crippen LogP contribution is 2.23. The SMILES string of the molecule is O=C(Nc1ccc(CO)c(O)c1)c1ccc(C(=O)Nc2ccc(C(=O)O)c(O)c2)cc1. The predicted octanol–water partition coefficient (Wildman–Crippen LogP) is 2.79. The number of carbonyl (C=O) groups is 3. The van der Waals surface area contributed by atoms with Crippen molar-refractivity contribution in [2.45, 2.75) is 6.61 Å². The number of phenols is 2. The van der Waals surface area contributed by atoms with Gasteiger partial charge in [0.15, 0.2) is 0 Å². The third-order valence-corrected chi connectivity index (χ3v) is 4.41. The monoisotopic (exact) mass is 422 g/mol. The number of anilines is 2. The number of rotatable bonds is 6. The van der Waals surface area contributed by atoms with E-state index in [1.54, 1.807) is 0 Å². The Kier molecular flexibility index (Phi) is 6.18. The second-order valence-electron chi connectivity index (χ2n) is 6.52. The van der Waals surface area contributed by atoms with Crippen molar-refractivity contribution in [2.75, 3.05) is 10.6 Å². The zero-order valence-corrected chi connectivity index (χ0v) is 16.0. The number of aromatic hydroxyl groups is 2. The van der Waals surface area contributed by atoms with Gasteiger partial charge in [-0.05, 0) is 42.5 Å². The van der Waals surface area contributed by atoms with Crippen LogP contribution in [-0.4, -0.2) is 38.2 Å². The van der Waals surface area contributed by atoms with Crippen molar-refractivity contribution >= 4 is 29.2 Å². The number of amides is 2. The quantitative estimate of drug-likeness (QED) is 0.357. The highest BCUT2D eigenvalue weighted by Gasteiger charge is 2.13. The van der Waals surface area contributed by atoms with E-state index < -0.39 is 23.5 Å². The highest BCUT2D eigenvalue weighted by molar-refractivity contribution is 6.07. The van der Waals surface area contributed by atoms with Gasteiger partial charge in [0.05, 0.1) is 6.61 Å². The van der Waals surface area contributed by atoms with Crippen molar-refractivity contribution < 1.29 is 34.8 Å². The fraction of sp³-hybridized carbons (Fsp3) is 0.0455. The lowest BCUT2D eigenvalue weighted by atomic mass is 10.1. The van der Waals surface area contributed by atoms with Crippen LogP contribution in [0.4, 0.5) is 11.4 Å². The van der Waals surface area contributed by atoms with Gasteiger partial charge in [0.2, 0.25) is 0 Å². The molecule has 0 radical (unpaired) electrons. The van der Waals surface area contributed by atoms with Crippen LogP contribution in [0.15, 0.2) is 60.7 Å². The number of hydrogen-bond acceptors (Lipinski definition) is 6. The molecule has 9 nitrogen and oxygen atoms in total. The number of carboxylic acids is 1. The van der Waals surface area contributed by atoms with E-state index in [4.69, 9.17) is 10.2 Å². The molecule has 9 heteroatoms. The fourth-order valence-electron chi connectivity index (χ4n) is 2.75. The molecule has 0 aliphatic rings. The Morgan fingerprint density at radius 1 is 0.710 bits per heavy atom. The largest absolute Gasteiger partial charge is 0.508 e. The van der Waals surface area contributed by atoms with Crippen molar-refractivity contribution in [3.05, 3.63) is 82.9 Å². The molecule has 6 N–H and O–H groups in total. The summed E-state index contributed by atoms with van der Waals surface area (Å²) in [6.07, 6.45) is 0. The Morgan fingerprint density at radius 3 is 1.61 bits per heavy atom. The summed E-state index contributed by atoms with van der Waals surface area (Å²) in [4.78, 5) is 35.6. The molecular weight excluding hydrogens is 404 g/mol. The van der Waals surface area contributed by atoms with Crippen molar-refractivity contribution in [3.8, 4) is 11.5 Å². The normalized spacial score (nSPS) is 10.4. The number of aliphatic hydroxyl groups excluding tert-OH is 1. The summed E-state index contributed by atoms with van der Waals surface area (Å²) >= 11 is 0. The van der Waals surface area contributed by atoms with E-state index >= 15 is 0 Å². The Labute approximate surface area is 176 Å². The average molecular weight is 422 g/mol. The molecule has 0 fully saturated rings. The number of nitrogens with one attached hydrogen (secondary N) is 2. The second-order valence-corrected chi connectivity index (χ2v) is 6.52. The Morgan fingerprint density at radius 2 is 1.19 bits per heavy atom. The molecule has 2 amide bonds. The van der Waals surface area contributed by atoms with Gasteiger partial charge in [0.25, 0.3) is 11.8 Å². The molecule has 0 bridgehead atoms. The van der Waals surface area contributed by atoms with Gasteiger partial charge in [-0.2, -0.15) is 0 Å². The van der Waals surface area contributed by atoms with Gasteiger partial charge in [0, 0.05) is 40.2 Å². The molecule has 0 aliphatic carbocycles. The number of aliphatic hydroxyl groups is 1. The second kappa shape index (κ2) is 8.97. The maximum Gasteiger partial charge on any atom is 0.339 e. The van der Waals surface area contributed by atoms with Gasteiger partial charge in [0.1, 0.15) is 17.1 Å². The average Bonchev–Trinajstić information content (AvgIpc) is 2.73. The summed E-state index contributed by atoms with van der Waals surface area (Å²) < 4.78 is 0. The number of benzene rings is 3. The lowest BCUT2D eigenvalue weighted by molar-refractivity contribution is 0.0693. The lowest BCUT2D eigenvalue weighted by Crippen LogP contribution is -2.14. The first-order chi connectivity index (χ1) is 14.8. The Hall–Kier alpha value is -4.37. The van der Waals surface area contributed by atoms with Crippen LogP contribution in [0.2, 0.25) is 0 Å². The van der Waals surface area contributed by atoms with Crippen LogP contribution < -0.4 is 10.6 Å². The predicted molar refractivity (Wildman–Crippen MR) is 111 cm³/mol. The van der Waals surface area contributed by atoms with Crippen LogP contribution in [0, 0.1) is 0 Å². The van der Waals surface area contributed by atoms with E-state index in [-0.39, 0.29) is 34.7 Å². The van der Waals surface area contributed by atoms with Crippen LogP contribution in [0.1, 0.15) is 36.6 Å². The molecule has 0 saturated heterocycles. The molecule has 31 heavy (non-hydrogen) atoms. The molecule has 158 valence electrons. The highest BCUT2D eigenvalue weighted by atomic mass is 16.4. The molecule has 0 saturated carbocycles. The first kappa shape index (κ1) is 21.3. The molecule has 3 rings (SSSR count). The summed E-state index contributed by atoms with van der Waals surface area (Å²) in [6.45, 7) is -0.326. The smallest absolute Gasteiger partial charge is 0.339 e. The molecule has 0 aliphatic heterocycles. The summed E-state index contributed by atoms with van der Waals surface area (Å²) in [5.74, 6) is -2.88. The van der Waals surface area contributed by atoms with Crippen LogP contribution in [0.5, 0.6) is 11.5 Å². The van der Waals surface area contributed by atoms with Gasteiger partial charge in [-0.15, -0.1) is 0 Å². The van der Waals surface area contributed by atoms with Crippen LogP contribution >= 0.6 is 0 Å². The minimum Gasteiger partial charge on any atom is -0.508 e. The maximum absolute atomic E-state index is 12.4. The van der Waals surface area contributed by atoms with Crippen molar-refractivity contribution in [3.63, 3.8) is 0 Å². The topological polar surface area (TPSA) is 156 Å². The summed E-state index contributed by atoms with van der Waals surface area (Å²) in [5.41, 5.74) is 1.10. The number of hydrogen-bond donors (Lipinski definition) is 6. The zero-order valence-electron chi connectivity index (χ0n) is 16.0. The molecule has 0 atom stereocenters. The molecule has 3 aromatic rings. The summed E-state index contributed by atoms with van der Waals surface area (Å²) in [5, 5.41) is 42.6. The molecule has 0 heterocycles. The molecular formula is C22H18N2O7. The standard InChI is InChI=1S/C22H18N2O7/c25-11-14-5-6-15(9-18(14)26)23-20(28)12-1-3-13(4-2-12)21(29)24-16-7-8-17(22(30)31)19(27)10-16/h1-10,25-27H,11H2,(H,23,28)(H,24,29)(H,30,31). The summed E-state index contributed by atoms with van der Waals surface area (Å²) in [6, 6.07) is 13.7. The zero-order chi connectivity index (χ0) is 22.5. The number of aromatic carboxylic acids is 1. The van der Waals surface area contributed by atoms with Gasteiger partial charge in [-0.1, -0.05) is 6.07 Å². The third-order valence-electron chi connectivity index (χ3n) is 4.41. The van der Waals surface area contributed by atoms with Gasteiger partial charge >= 0.3 is 5.97 Å². The van der Waals surface area contributed by atoms with Crippen LogP contribution in [0.25, 0.3) is 0 Å². The first-order valence-corrected chi connectivity index (χ1v) is 9.00. The van der Waals surface area contributed by atoms with E-state index in [0.717, 1.165) is 6.07 Å². The number of carbonyl (C=O) groups excluding carboxylic acids is 2. The Bertz CT molecular complexity index is 1160. The van der Waals surface area contributed by atoms with E-state index in [1.807, 2.05) is 0 Å². The lowest BCUT2D eigenvalue weighted by Gasteiger charge is -2.09. The van der Waals surface area contributed by atoms with E-state index in [9.17, 15) is 24.6 Å². The summed E-state index contributed by atoms with van der Waals surface area (Å²) in [7, 11) is 0. The van der Waals surface area contributed by atoms with Gasteiger partial charge in [-0.25, -0.2) is 4.79 Å². The Balaban J connectivity index is 1.67. The van der Waals surface area contributed by atoms with E-state index in [2.05, 4.69) is 10.6 Å². The van der Waals surface area contributed by atoms with Crippen LogP contribution in [-0.2, 0) is 6.61 Å². The minimum atomic E-state index is -1.29. The van der Waals surface area contributed by atoms with Crippen molar-refractivity contribution in [1.29, 1.82) is 0 Å². The third kappa shape index (κ3) is 4.98. The molecule has 0 aromatic heterocycles. The molecule has 0 spiro atoms. The van der Waals surface area contributed by atoms with Crippen LogP contribution in [0.3, 0.4) is 0 Å². The molecule has 0 unspecified atom stereocenters. The molecule has 3 aromatic carbocycles. The minimum absolute atomic E-state index is 0.144. The van der Waals surface area contributed by atoms with Gasteiger partial charge in [-0.3, -0.25) is 9.59 Å². The number of carboxylic acid groups (broad SMARTS) is 1. The van der Waals surface area contributed by atoms with E-state index in [1.165, 1.54) is 54.6 Å². The first-order valence-electron chi connectivity index (χ1n) is 9.00. The van der Waals surface area contributed by atoms with Crippen molar-refractivity contribution in [1.82, 2.24) is 0 Å². The maximum atomic E-state index is 12.4. The van der Waals surface area contributed by atoms with Crippen molar-refractivity contribution in [2.24, 2.45) is 0 Å². The fourth-order valence-corrected chi connectivity index (χ4v) is 2.75.